The Bertz CT molecular complexity index is 1010. The fourth-order valence-electron chi connectivity index (χ4n) is 4.24. The van der Waals surface area contributed by atoms with Crippen LogP contribution in [0.2, 0.25) is 0 Å². The van der Waals surface area contributed by atoms with E-state index in [0.29, 0.717) is 18.5 Å². The molecule has 4 atom stereocenters. The first-order valence-corrected chi connectivity index (χ1v) is 11.6. The largest absolute Gasteiger partial charge is 0.771 e. The Morgan fingerprint density at radius 3 is 2.44 bits per heavy atom. The van der Waals surface area contributed by atoms with Crippen molar-refractivity contribution in [3.05, 3.63) is 64.7 Å². The Morgan fingerprint density at radius 1 is 1.25 bits per heavy atom. The molecule has 0 aliphatic heterocycles. The molecule has 32 heavy (non-hydrogen) atoms. The van der Waals surface area contributed by atoms with Crippen LogP contribution in [0.5, 0.6) is 0 Å². The highest BCUT2D eigenvalue weighted by molar-refractivity contribution is 7.79. The second-order valence-corrected chi connectivity index (χ2v) is 9.17. The van der Waals surface area contributed by atoms with Gasteiger partial charge in [-0.1, -0.05) is 31.2 Å². The van der Waals surface area contributed by atoms with Crippen LogP contribution in [0.25, 0.3) is 0 Å². The Kier molecular flexibility index (Phi) is 7.00. The van der Waals surface area contributed by atoms with Crippen molar-refractivity contribution >= 4 is 22.7 Å². The summed E-state index contributed by atoms with van der Waals surface area (Å²) < 4.78 is 60.0. The summed E-state index contributed by atoms with van der Waals surface area (Å²) in [6.07, 6.45) is -3.13. The van der Waals surface area contributed by atoms with Crippen LogP contribution in [-0.4, -0.2) is 20.5 Å². The summed E-state index contributed by atoms with van der Waals surface area (Å²) in [6, 6.07) is 10.3. The first-order valence-electron chi connectivity index (χ1n) is 10.4. The quantitative estimate of drug-likeness (QED) is 0.546. The minimum Gasteiger partial charge on any atom is -0.771 e. The molecule has 174 valence electrons. The maximum atomic E-state index is 12.9. The molecular weight excluding hydrogens is 441 g/mol. The molecule has 9 heteroatoms. The normalized spacial score (nSPS) is 22.2. The number of benzene rings is 2. The lowest BCUT2D eigenvalue weighted by Crippen LogP contribution is -2.31. The van der Waals surface area contributed by atoms with Crippen molar-refractivity contribution in [3.8, 4) is 0 Å². The molecule has 0 saturated heterocycles. The lowest BCUT2D eigenvalue weighted by Gasteiger charge is -2.20. The maximum Gasteiger partial charge on any atom is 0.416 e. The van der Waals surface area contributed by atoms with Gasteiger partial charge in [0.2, 0.25) is 5.91 Å². The van der Waals surface area contributed by atoms with Gasteiger partial charge in [-0.2, -0.15) is 13.2 Å². The Hall–Kier alpha value is -2.39. The zero-order valence-corrected chi connectivity index (χ0v) is 18.9. The van der Waals surface area contributed by atoms with E-state index < -0.39 is 28.2 Å². The van der Waals surface area contributed by atoms with Gasteiger partial charge in [-0.25, -0.2) is 0 Å². The average molecular weight is 468 g/mol. The van der Waals surface area contributed by atoms with Crippen LogP contribution in [-0.2, 0) is 27.5 Å². The molecule has 1 amide bonds. The molecular formula is C23H26F3N2O3S-. The number of carbonyl (C=O) groups is 1. The summed E-state index contributed by atoms with van der Waals surface area (Å²) in [4.78, 5) is 12.9. The van der Waals surface area contributed by atoms with Crippen molar-refractivity contribution in [2.45, 2.75) is 51.2 Å². The molecule has 5 nitrogen and oxygen atoms in total. The molecule has 0 heterocycles. The summed E-state index contributed by atoms with van der Waals surface area (Å²) in [7, 11) is 0. The van der Waals surface area contributed by atoms with Crippen LogP contribution in [0, 0.1) is 12.8 Å². The molecule has 0 bridgehead atoms. The molecule has 2 N–H and O–H groups in total. The monoisotopic (exact) mass is 467 g/mol. The zero-order valence-electron chi connectivity index (χ0n) is 18.1. The number of anilines is 1. The standard InChI is InChI=1S/C23H27F3N2O3S/c1-4-22(17-6-8-18(9-7-17)23(24,25)26)12-19(22)21(29)28-15(3)16-5-10-20(14(2)11-16)27-13-32(30)31/h5-11,15,19,27H,4,12-13H2,1-3H3,(H,28,29)(H,30,31)/p-1/t15-,19?,22?/m1/s1. The van der Waals surface area contributed by atoms with Gasteiger partial charge >= 0.3 is 6.18 Å². The zero-order chi connectivity index (χ0) is 23.7. The average Bonchev–Trinajstić information content (AvgIpc) is 3.48. The summed E-state index contributed by atoms with van der Waals surface area (Å²) in [5, 5.41) is 5.84. The fraction of sp³-hybridized carbons (Fsp3) is 0.435. The van der Waals surface area contributed by atoms with Crippen molar-refractivity contribution in [2.24, 2.45) is 5.92 Å². The van der Waals surface area contributed by atoms with E-state index in [1.807, 2.05) is 32.9 Å². The van der Waals surface area contributed by atoms with Gasteiger partial charge in [0.15, 0.2) is 0 Å². The number of carbonyl (C=O) groups excluding carboxylic acids is 1. The minimum absolute atomic E-state index is 0.124. The smallest absolute Gasteiger partial charge is 0.416 e. The molecule has 3 rings (SSSR count). The first kappa shape index (κ1) is 24.3. The molecule has 2 aromatic carbocycles. The summed E-state index contributed by atoms with van der Waals surface area (Å²) in [6.45, 7) is 5.65. The number of halogens is 3. The molecule has 0 aromatic heterocycles. The van der Waals surface area contributed by atoms with Crippen molar-refractivity contribution in [3.63, 3.8) is 0 Å². The van der Waals surface area contributed by atoms with Gasteiger partial charge in [0.1, 0.15) is 0 Å². The number of aryl methyl sites for hydroxylation is 1. The van der Waals surface area contributed by atoms with Gasteiger partial charge in [0.25, 0.3) is 0 Å². The summed E-state index contributed by atoms with van der Waals surface area (Å²) in [5.74, 6) is -0.599. The lowest BCUT2D eigenvalue weighted by molar-refractivity contribution is -0.137. The molecule has 1 aliphatic rings. The van der Waals surface area contributed by atoms with Crippen molar-refractivity contribution in [2.75, 3.05) is 11.2 Å². The van der Waals surface area contributed by atoms with Crippen LogP contribution >= 0.6 is 0 Å². The number of rotatable bonds is 8. The van der Waals surface area contributed by atoms with E-state index >= 15 is 0 Å². The molecule has 0 radical (unpaired) electrons. The number of hydrogen-bond donors (Lipinski definition) is 2. The Balaban J connectivity index is 1.67. The number of alkyl halides is 3. The van der Waals surface area contributed by atoms with Crippen molar-refractivity contribution in [1.82, 2.24) is 5.32 Å². The predicted molar refractivity (Wildman–Crippen MR) is 117 cm³/mol. The molecule has 3 unspecified atom stereocenters. The van der Waals surface area contributed by atoms with Crippen molar-refractivity contribution in [1.29, 1.82) is 0 Å². The fourth-order valence-corrected chi connectivity index (χ4v) is 4.52. The summed E-state index contributed by atoms with van der Waals surface area (Å²) >= 11 is -2.20. The molecule has 2 aromatic rings. The van der Waals surface area contributed by atoms with Gasteiger partial charge in [-0.3, -0.25) is 9.00 Å². The third-order valence-electron chi connectivity index (χ3n) is 6.30. The SMILES string of the molecule is CCC1(c2ccc(C(F)(F)F)cc2)CC1C(=O)N[C@H](C)c1ccc(NCS(=O)[O-])c(C)c1. The topological polar surface area (TPSA) is 81.3 Å². The van der Waals surface area contributed by atoms with E-state index in [0.717, 1.165) is 28.8 Å². The van der Waals surface area contributed by atoms with Crippen LogP contribution in [0.3, 0.4) is 0 Å². The van der Waals surface area contributed by atoms with Gasteiger partial charge in [-0.05, 0) is 72.7 Å². The third kappa shape index (κ3) is 5.15. The number of nitrogens with one attached hydrogen (secondary N) is 2. The van der Waals surface area contributed by atoms with Crippen LogP contribution in [0.15, 0.2) is 42.5 Å². The summed E-state index contributed by atoms with van der Waals surface area (Å²) in [5.41, 5.74) is 2.05. The van der Waals surface area contributed by atoms with Crippen LogP contribution < -0.4 is 10.6 Å². The molecule has 1 saturated carbocycles. The van der Waals surface area contributed by atoms with Gasteiger partial charge < -0.3 is 15.2 Å². The minimum atomic E-state index is -4.39. The van der Waals surface area contributed by atoms with Crippen LogP contribution in [0.1, 0.15) is 55.0 Å². The van der Waals surface area contributed by atoms with Gasteiger partial charge in [-0.15, -0.1) is 0 Å². The third-order valence-corrected chi connectivity index (χ3v) is 6.68. The first-order chi connectivity index (χ1) is 15.0. The van der Waals surface area contributed by atoms with E-state index in [2.05, 4.69) is 10.6 Å². The van der Waals surface area contributed by atoms with Gasteiger partial charge in [0.05, 0.1) is 17.5 Å². The molecule has 0 spiro atoms. The molecule has 1 aliphatic carbocycles. The Morgan fingerprint density at radius 2 is 1.91 bits per heavy atom. The second-order valence-electron chi connectivity index (χ2n) is 8.27. The lowest BCUT2D eigenvalue weighted by atomic mass is 9.89. The van der Waals surface area contributed by atoms with Crippen LogP contribution in [0.4, 0.5) is 18.9 Å². The highest BCUT2D eigenvalue weighted by atomic mass is 32.2. The predicted octanol–water partition coefficient (Wildman–Crippen LogP) is 4.81. The highest BCUT2D eigenvalue weighted by Gasteiger charge is 2.57. The van der Waals surface area contributed by atoms with E-state index in [1.165, 1.54) is 12.1 Å². The molecule has 1 fully saturated rings. The highest BCUT2D eigenvalue weighted by Crippen LogP contribution is 2.57. The van der Waals surface area contributed by atoms with Crippen molar-refractivity contribution < 1.29 is 26.7 Å². The van der Waals surface area contributed by atoms with E-state index in [4.69, 9.17) is 0 Å². The van der Waals surface area contributed by atoms with E-state index in [-0.39, 0.29) is 23.7 Å². The maximum absolute atomic E-state index is 12.9. The number of amides is 1. The van der Waals surface area contributed by atoms with E-state index in [1.54, 1.807) is 6.07 Å². The van der Waals surface area contributed by atoms with Gasteiger partial charge in [0, 0.05) is 17.0 Å². The number of hydrogen-bond acceptors (Lipinski definition) is 4. The second kappa shape index (κ2) is 9.23. The Labute approximate surface area is 188 Å². The van der Waals surface area contributed by atoms with E-state index in [9.17, 15) is 26.7 Å².